The monoisotopic (exact) mass is 306 g/mol. The average molecular weight is 306 g/mol. The SMILES string of the molecule is Cc1ccc(S(=O)(=O)Nc2cccc([C@H](O)CN)c2)cc1. The topological polar surface area (TPSA) is 92.4 Å². The van der Waals surface area contributed by atoms with Crippen LogP contribution in [0.15, 0.2) is 53.4 Å². The zero-order chi connectivity index (χ0) is 15.5. The van der Waals surface area contributed by atoms with Crippen molar-refractivity contribution in [3.8, 4) is 0 Å². The van der Waals surface area contributed by atoms with E-state index in [0.29, 0.717) is 11.3 Å². The molecule has 0 fully saturated rings. The number of nitrogens with one attached hydrogen (secondary N) is 1. The summed E-state index contributed by atoms with van der Waals surface area (Å²) >= 11 is 0. The normalized spacial score (nSPS) is 12.9. The Morgan fingerprint density at radius 3 is 2.48 bits per heavy atom. The number of rotatable bonds is 5. The minimum Gasteiger partial charge on any atom is -0.387 e. The summed E-state index contributed by atoms with van der Waals surface area (Å²) < 4.78 is 27.0. The molecule has 2 rings (SSSR count). The van der Waals surface area contributed by atoms with E-state index >= 15 is 0 Å². The molecule has 0 aliphatic carbocycles. The highest BCUT2D eigenvalue weighted by Crippen LogP contribution is 2.20. The van der Waals surface area contributed by atoms with E-state index in [1.165, 1.54) is 0 Å². The molecule has 0 amide bonds. The molecule has 21 heavy (non-hydrogen) atoms. The van der Waals surface area contributed by atoms with Gasteiger partial charge in [-0.05, 0) is 36.8 Å². The first-order chi connectivity index (χ1) is 9.92. The minimum atomic E-state index is -3.64. The van der Waals surface area contributed by atoms with Crippen molar-refractivity contribution in [2.75, 3.05) is 11.3 Å². The minimum absolute atomic E-state index is 0.0775. The fraction of sp³-hybridized carbons (Fsp3) is 0.200. The van der Waals surface area contributed by atoms with Crippen LogP contribution in [0.5, 0.6) is 0 Å². The highest BCUT2D eigenvalue weighted by Gasteiger charge is 2.14. The lowest BCUT2D eigenvalue weighted by atomic mass is 10.1. The second-order valence-corrected chi connectivity index (χ2v) is 6.48. The maximum atomic E-state index is 12.3. The van der Waals surface area contributed by atoms with Gasteiger partial charge < -0.3 is 10.8 Å². The summed E-state index contributed by atoms with van der Waals surface area (Å²) in [6.07, 6.45) is -0.811. The van der Waals surface area contributed by atoms with Crippen LogP contribution in [0.3, 0.4) is 0 Å². The van der Waals surface area contributed by atoms with Gasteiger partial charge in [-0.3, -0.25) is 4.72 Å². The van der Waals surface area contributed by atoms with Gasteiger partial charge in [0.1, 0.15) is 0 Å². The molecule has 0 aromatic heterocycles. The van der Waals surface area contributed by atoms with Crippen molar-refractivity contribution in [3.05, 3.63) is 59.7 Å². The van der Waals surface area contributed by atoms with Gasteiger partial charge in [-0.2, -0.15) is 0 Å². The first kappa shape index (κ1) is 15.5. The molecule has 1 atom stereocenters. The second kappa shape index (κ2) is 6.26. The molecule has 0 unspecified atom stereocenters. The molecule has 4 N–H and O–H groups in total. The number of hydrogen-bond donors (Lipinski definition) is 3. The summed E-state index contributed by atoms with van der Waals surface area (Å²) in [5, 5.41) is 9.70. The van der Waals surface area contributed by atoms with Gasteiger partial charge >= 0.3 is 0 Å². The van der Waals surface area contributed by atoms with E-state index in [9.17, 15) is 13.5 Å². The number of benzene rings is 2. The van der Waals surface area contributed by atoms with E-state index in [1.807, 2.05) is 6.92 Å². The molecule has 6 heteroatoms. The zero-order valence-corrected chi connectivity index (χ0v) is 12.5. The maximum absolute atomic E-state index is 12.3. The lowest BCUT2D eigenvalue weighted by molar-refractivity contribution is 0.187. The number of aryl methyl sites for hydroxylation is 1. The second-order valence-electron chi connectivity index (χ2n) is 4.80. The molecule has 0 saturated heterocycles. The van der Waals surface area contributed by atoms with Gasteiger partial charge in [0, 0.05) is 12.2 Å². The Labute approximate surface area is 124 Å². The van der Waals surface area contributed by atoms with Gasteiger partial charge in [-0.25, -0.2) is 8.42 Å². The lowest BCUT2D eigenvalue weighted by Gasteiger charge is -2.12. The van der Waals surface area contributed by atoms with Gasteiger partial charge in [-0.1, -0.05) is 29.8 Å². The molecular formula is C15H18N2O3S. The predicted octanol–water partition coefficient (Wildman–Crippen LogP) is 1.79. The van der Waals surface area contributed by atoms with Crippen molar-refractivity contribution >= 4 is 15.7 Å². The number of sulfonamides is 1. The number of hydrogen-bond acceptors (Lipinski definition) is 4. The Kier molecular flexibility index (Phi) is 4.62. The molecule has 0 aliphatic rings. The van der Waals surface area contributed by atoms with E-state index in [-0.39, 0.29) is 11.4 Å². The van der Waals surface area contributed by atoms with Gasteiger partial charge in [0.15, 0.2) is 0 Å². The van der Waals surface area contributed by atoms with E-state index < -0.39 is 16.1 Å². The third kappa shape index (κ3) is 3.81. The van der Waals surface area contributed by atoms with Crippen molar-refractivity contribution < 1.29 is 13.5 Å². The molecule has 0 heterocycles. The van der Waals surface area contributed by atoms with E-state index in [2.05, 4.69) is 4.72 Å². The number of aliphatic hydroxyl groups is 1. The van der Waals surface area contributed by atoms with Crippen LogP contribution in [-0.4, -0.2) is 20.1 Å². The lowest BCUT2D eigenvalue weighted by Crippen LogP contribution is -2.14. The molecule has 2 aromatic rings. The van der Waals surface area contributed by atoms with Crippen LogP contribution >= 0.6 is 0 Å². The Morgan fingerprint density at radius 1 is 1.19 bits per heavy atom. The molecule has 0 radical (unpaired) electrons. The van der Waals surface area contributed by atoms with E-state index in [0.717, 1.165) is 5.56 Å². The van der Waals surface area contributed by atoms with Gasteiger partial charge in [0.05, 0.1) is 11.0 Å². The van der Waals surface area contributed by atoms with Crippen LogP contribution in [0, 0.1) is 6.92 Å². The third-order valence-corrected chi connectivity index (χ3v) is 4.48. The number of aliphatic hydroxyl groups excluding tert-OH is 1. The first-order valence-corrected chi connectivity index (χ1v) is 7.98. The Bertz CT molecular complexity index is 712. The Morgan fingerprint density at radius 2 is 1.86 bits per heavy atom. The molecule has 2 aromatic carbocycles. The summed E-state index contributed by atoms with van der Waals surface area (Å²) in [4.78, 5) is 0.192. The molecular weight excluding hydrogens is 288 g/mol. The van der Waals surface area contributed by atoms with Crippen LogP contribution in [-0.2, 0) is 10.0 Å². The molecule has 0 saturated carbocycles. The predicted molar refractivity (Wildman–Crippen MR) is 82.4 cm³/mol. The standard InChI is InChI=1S/C15H18N2O3S/c1-11-5-7-14(8-6-11)21(19,20)17-13-4-2-3-12(9-13)15(18)10-16/h2-9,15,17-18H,10,16H2,1H3/t15-/m1/s1. The van der Waals surface area contributed by atoms with E-state index in [1.54, 1.807) is 48.5 Å². The van der Waals surface area contributed by atoms with Crippen LogP contribution in [0.1, 0.15) is 17.2 Å². The van der Waals surface area contributed by atoms with E-state index in [4.69, 9.17) is 5.73 Å². The smallest absolute Gasteiger partial charge is 0.261 e. The highest BCUT2D eigenvalue weighted by atomic mass is 32.2. The maximum Gasteiger partial charge on any atom is 0.261 e. The molecule has 0 bridgehead atoms. The summed E-state index contributed by atoms with van der Waals surface area (Å²) in [5.41, 5.74) is 7.35. The quantitative estimate of drug-likeness (QED) is 0.785. The summed E-state index contributed by atoms with van der Waals surface area (Å²) in [7, 11) is -3.64. The van der Waals surface area contributed by atoms with Gasteiger partial charge in [0.25, 0.3) is 10.0 Å². The highest BCUT2D eigenvalue weighted by molar-refractivity contribution is 7.92. The fourth-order valence-electron chi connectivity index (χ4n) is 1.88. The number of nitrogens with two attached hydrogens (primary N) is 1. The average Bonchev–Trinajstić information content (AvgIpc) is 2.46. The largest absolute Gasteiger partial charge is 0.387 e. The number of anilines is 1. The first-order valence-electron chi connectivity index (χ1n) is 6.50. The molecule has 112 valence electrons. The molecule has 0 spiro atoms. The van der Waals surface area contributed by atoms with Crippen LogP contribution in [0.2, 0.25) is 0 Å². The molecule has 0 aliphatic heterocycles. The van der Waals surface area contributed by atoms with Crippen molar-refractivity contribution in [3.63, 3.8) is 0 Å². The van der Waals surface area contributed by atoms with Crippen molar-refractivity contribution in [1.29, 1.82) is 0 Å². The van der Waals surface area contributed by atoms with Crippen LogP contribution in [0.25, 0.3) is 0 Å². The summed E-state index contributed by atoms with van der Waals surface area (Å²) in [6, 6.07) is 13.1. The van der Waals surface area contributed by atoms with Crippen LogP contribution < -0.4 is 10.5 Å². The van der Waals surface area contributed by atoms with Crippen molar-refractivity contribution in [1.82, 2.24) is 0 Å². The summed E-state index contributed by atoms with van der Waals surface area (Å²) in [5.74, 6) is 0. The Hall–Kier alpha value is -1.89. The third-order valence-electron chi connectivity index (χ3n) is 3.08. The zero-order valence-electron chi connectivity index (χ0n) is 11.7. The summed E-state index contributed by atoms with van der Waals surface area (Å²) in [6.45, 7) is 1.97. The molecule has 5 nitrogen and oxygen atoms in total. The van der Waals surface area contributed by atoms with Gasteiger partial charge in [0.2, 0.25) is 0 Å². The Balaban J connectivity index is 2.26. The van der Waals surface area contributed by atoms with Crippen molar-refractivity contribution in [2.24, 2.45) is 5.73 Å². The van der Waals surface area contributed by atoms with Gasteiger partial charge in [-0.15, -0.1) is 0 Å². The van der Waals surface area contributed by atoms with Crippen molar-refractivity contribution in [2.45, 2.75) is 17.9 Å². The van der Waals surface area contributed by atoms with Crippen LogP contribution in [0.4, 0.5) is 5.69 Å². The fourth-order valence-corrected chi connectivity index (χ4v) is 2.93.